The van der Waals surface area contributed by atoms with Gasteiger partial charge < -0.3 is 5.32 Å². The maximum atomic E-state index is 13.3. The van der Waals surface area contributed by atoms with E-state index >= 15 is 0 Å². The van der Waals surface area contributed by atoms with Gasteiger partial charge in [-0.1, -0.05) is 18.2 Å². The van der Waals surface area contributed by atoms with Crippen molar-refractivity contribution >= 4 is 16.5 Å². The Hall–Kier alpha value is -2.42. The molecule has 0 fully saturated rings. The van der Waals surface area contributed by atoms with Crippen molar-refractivity contribution in [3.05, 3.63) is 71.8 Å². The highest BCUT2D eigenvalue weighted by atomic mass is 19.1. The van der Waals surface area contributed by atoms with E-state index in [2.05, 4.69) is 16.4 Å². The third-order valence-corrected chi connectivity index (χ3v) is 3.46. The minimum atomic E-state index is -0.202. The Kier molecular flexibility index (Phi) is 3.33. The number of hydrogen-bond donors (Lipinski definition) is 1. The lowest BCUT2D eigenvalue weighted by atomic mass is 10.1. The molecule has 0 atom stereocenters. The molecule has 1 heterocycles. The zero-order chi connectivity index (χ0) is 13.9. The van der Waals surface area contributed by atoms with Crippen molar-refractivity contribution in [1.29, 1.82) is 0 Å². The van der Waals surface area contributed by atoms with Crippen LogP contribution in [0, 0.1) is 12.7 Å². The van der Waals surface area contributed by atoms with Gasteiger partial charge in [-0.05, 0) is 47.7 Å². The van der Waals surface area contributed by atoms with Gasteiger partial charge in [-0.2, -0.15) is 0 Å². The second-order valence-electron chi connectivity index (χ2n) is 4.83. The van der Waals surface area contributed by atoms with Gasteiger partial charge in [0.05, 0.1) is 0 Å². The molecule has 0 amide bonds. The summed E-state index contributed by atoms with van der Waals surface area (Å²) >= 11 is 0. The number of hydrogen-bond acceptors (Lipinski definition) is 2. The van der Waals surface area contributed by atoms with Crippen LogP contribution in [0.15, 0.2) is 54.9 Å². The van der Waals surface area contributed by atoms with E-state index in [9.17, 15) is 4.39 Å². The van der Waals surface area contributed by atoms with Crippen LogP contribution in [-0.4, -0.2) is 4.98 Å². The lowest BCUT2D eigenvalue weighted by Crippen LogP contribution is -2.02. The fourth-order valence-corrected chi connectivity index (χ4v) is 2.29. The van der Waals surface area contributed by atoms with Gasteiger partial charge in [0.2, 0.25) is 0 Å². The summed E-state index contributed by atoms with van der Waals surface area (Å²) in [5.41, 5.74) is 3.06. The molecule has 3 rings (SSSR count). The summed E-state index contributed by atoms with van der Waals surface area (Å²) in [5.74, 6) is -0.202. The Bertz CT molecular complexity index is 748. The number of fused-ring (bicyclic) bond motifs is 1. The van der Waals surface area contributed by atoms with Gasteiger partial charge in [-0.15, -0.1) is 0 Å². The first-order valence-electron chi connectivity index (χ1n) is 6.56. The lowest BCUT2D eigenvalue weighted by Gasteiger charge is -2.11. The van der Waals surface area contributed by atoms with E-state index in [0.29, 0.717) is 6.54 Å². The van der Waals surface area contributed by atoms with Crippen molar-refractivity contribution < 1.29 is 4.39 Å². The van der Waals surface area contributed by atoms with Crippen LogP contribution in [0.25, 0.3) is 10.8 Å². The molecule has 0 aliphatic rings. The highest BCUT2D eigenvalue weighted by Crippen LogP contribution is 2.23. The van der Waals surface area contributed by atoms with Crippen LogP contribution in [-0.2, 0) is 6.54 Å². The van der Waals surface area contributed by atoms with E-state index in [0.717, 1.165) is 27.6 Å². The number of pyridine rings is 1. The van der Waals surface area contributed by atoms with E-state index in [1.807, 2.05) is 31.3 Å². The molecule has 2 aromatic carbocycles. The number of nitrogens with one attached hydrogen (secondary N) is 1. The number of aromatic nitrogens is 1. The van der Waals surface area contributed by atoms with Gasteiger partial charge in [0.15, 0.2) is 0 Å². The summed E-state index contributed by atoms with van der Waals surface area (Å²) < 4.78 is 13.3. The summed E-state index contributed by atoms with van der Waals surface area (Å²) in [6, 6.07) is 12.9. The normalized spacial score (nSPS) is 10.7. The van der Waals surface area contributed by atoms with E-state index in [4.69, 9.17) is 0 Å². The number of aryl methyl sites for hydroxylation is 1. The molecule has 20 heavy (non-hydrogen) atoms. The van der Waals surface area contributed by atoms with Gasteiger partial charge in [-0.3, -0.25) is 4.98 Å². The Morgan fingerprint density at radius 1 is 1.15 bits per heavy atom. The molecule has 1 aromatic heterocycles. The monoisotopic (exact) mass is 266 g/mol. The second-order valence-corrected chi connectivity index (χ2v) is 4.83. The molecule has 0 radical (unpaired) electrons. The predicted molar refractivity (Wildman–Crippen MR) is 80.2 cm³/mol. The first kappa shape index (κ1) is 12.6. The van der Waals surface area contributed by atoms with E-state index in [1.54, 1.807) is 18.3 Å². The summed E-state index contributed by atoms with van der Waals surface area (Å²) in [7, 11) is 0. The van der Waals surface area contributed by atoms with Crippen molar-refractivity contribution in [2.75, 3.05) is 5.32 Å². The molecule has 0 aliphatic carbocycles. The van der Waals surface area contributed by atoms with E-state index in [-0.39, 0.29) is 5.82 Å². The molecule has 3 aromatic rings. The first-order chi connectivity index (χ1) is 9.74. The molecule has 0 aliphatic heterocycles. The van der Waals surface area contributed by atoms with E-state index in [1.165, 1.54) is 6.07 Å². The van der Waals surface area contributed by atoms with Gasteiger partial charge in [0.1, 0.15) is 5.82 Å². The quantitative estimate of drug-likeness (QED) is 0.764. The van der Waals surface area contributed by atoms with Crippen LogP contribution in [0.2, 0.25) is 0 Å². The van der Waals surface area contributed by atoms with Crippen LogP contribution >= 0.6 is 0 Å². The predicted octanol–water partition coefficient (Wildman–Crippen LogP) is 4.29. The standard InChI is InChI=1S/C17H15FN2/c1-12-5-6-15(18)9-14(12)10-20-17-4-2-3-13-7-8-19-11-16(13)17/h2-9,11,20H,10H2,1H3. The van der Waals surface area contributed by atoms with Crippen LogP contribution in [0.4, 0.5) is 10.1 Å². The Labute approximate surface area is 117 Å². The van der Waals surface area contributed by atoms with Gasteiger partial charge >= 0.3 is 0 Å². The average Bonchev–Trinajstić information content (AvgIpc) is 2.48. The number of anilines is 1. The molecule has 3 heteroatoms. The summed E-state index contributed by atoms with van der Waals surface area (Å²) in [6.45, 7) is 2.58. The van der Waals surface area contributed by atoms with Crippen molar-refractivity contribution in [3.63, 3.8) is 0 Å². The van der Waals surface area contributed by atoms with Crippen LogP contribution in [0.5, 0.6) is 0 Å². The lowest BCUT2D eigenvalue weighted by molar-refractivity contribution is 0.625. The number of rotatable bonds is 3. The number of benzene rings is 2. The smallest absolute Gasteiger partial charge is 0.123 e. The van der Waals surface area contributed by atoms with Crippen LogP contribution in [0.1, 0.15) is 11.1 Å². The SMILES string of the molecule is Cc1ccc(F)cc1CNc1cccc2ccncc12. The van der Waals surface area contributed by atoms with Crippen molar-refractivity contribution in [2.45, 2.75) is 13.5 Å². The third-order valence-electron chi connectivity index (χ3n) is 3.46. The number of nitrogens with zero attached hydrogens (tertiary/aromatic N) is 1. The van der Waals surface area contributed by atoms with Gasteiger partial charge in [0.25, 0.3) is 0 Å². The number of halogens is 1. The first-order valence-corrected chi connectivity index (χ1v) is 6.56. The zero-order valence-electron chi connectivity index (χ0n) is 11.2. The second kappa shape index (κ2) is 5.29. The molecule has 1 N–H and O–H groups in total. The minimum Gasteiger partial charge on any atom is -0.380 e. The maximum absolute atomic E-state index is 13.3. The van der Waals surface area contributed by atoms with Crippen molar-refractivity contribution in [2.24, 2.45) is 0 Å². The zero-order valence-corrected chi connectivity index (χ0v) is 11.2. The Morgan fingerprint density at radius 2 is 2.05 bits per heavy atom. The third kappa shape index (κ3) is 2.48. The molecule has 0 unspecified atom stereocenters. The Balaban J connectivity index is 1.89. The highest BCUT2D eigenvalue weighted by molar-refractivity contribution is 5.93. The molecule has 2 nitrogen and oxygen atoms in total. The Morgan fingerprint density at radius 3 is 2.95 bits per heavy atom. The van der Waals surface area contributed by atoms with Crippen molar-refractivity contribution in [1.82, 2.24) is 4.98 Å². The summed E-state index contributed by atoms with van der Waals surface area (Å²) in [5, 5.41) is 5.58. The average molecular weight is 266 g/mol. The van der Waals surface area contributed by atoms with Gasteiger partial charge in [0, 0.05) is 30.0 Å². The van der Waals surface area contributed by atoms with Crippen LogP contribution in [0.3, 0.4) is 0 Å². The fourth-order valence-electron chi connectivity index (χ4n) is 2.29. The largest absolute Gasteiger partial charge is 0.380 e. The highest BCUT2D eigenvalue weighted by Gasteiger charge is 2.03. The molecule has 0 saturated carbocycles. The molecular weight excluding hydrogens is 251 g/mol. The fraction of sp³-hybridized carbons (Fsp3) is 0.118. The molecule has 100 valence electrons. The maximum Gasteiger partial charge on any atom is 0.123 e. The van der Waals surface area contributed by atoms with E-state index < -0.39 is 0 Å². The molecule has 0 spiro atoms. The van der Waals surface area contributed by atoms with Gasteiger partial charge in [-0.25, -0.2) is 4.39 Å². The topological polar surface area (TPSA) is 24.9 Å². The van der Waals surface area contributed by atoms with Crippen molar-refractivity contribution in [3.8, 4) is 0 Å². The minimum absolute atomic E-state index is 0.202. The summed E-state index contributed by atoms with van der Waals surface area (Å²) in [4.78, 5) is 4.16. The summed E-state index contributed by atoms with van der Waals surface area (Å²) in [6.07, 6.45) is 3.62. The molecule has 0 bridgehead atoms. The molecular formula is C17H15FN2. The molecule has 0 saturated heterocycles. The van der Waals surface area contributed by atoms with Crippen LogP contribution < -0.4 is 5.32 Å².